The van der Waals surface area contributed by atoms with Crippen LogP contribution in [0.3, 0.4) is 0 Å². The molecule has 36 heavy (non-hydrogen) atoms. The number of fused-ring (bicyclic) bond motifs is 3. The Morgan fingerprint density at radius 3 is 2.50 bits per heavy atom. The number of aromatic hydroxyl groups is 2. The number of carbonyl (C=O) groups is 3. The van der Waals surface area contributed by atoms with Gasteiger partial charge in [0.05, 0.1) is 11.1 Å². The summed E-state index contributed by atoms with van der Waals surface area (Å²) in [6.07, 6.45) is 2.35. The number of phenolic OH excluding ortho intramolecular Hbond substituents is 2. The number of carbonyl (C=O) groups excluding carboxylic acids is 3. The van der Waals surface area contributed by atoms with Crippen molar-refractivity contribution in [2.45, 2.75) is 65.7 Å². The van der Waals surface area contributed by atoms with Crippen molar-refractivity contribution in [3.05, 3.63) is 51.5 Å². The molecular weight excluding hydrogens is 466 g/mol. The predicted molar refractivity (Wildman–Crippen MR) is 128 cm³/mol. The number of allylic oxidation sites excluding steroid dienone is 4. The summed E-state index contributed by atoms with van der Waals surface area (Å²) >= 11 is 0. The molecule has 2 heterocycles. The number of nitrogens with one attached hydrogen (secondary N) is 1. The number of Topliss-reactive ketones (excluding diaryl/α,β-unsaturated/α-hetero) is 2. The van der Waals surface area contributed by atoms with Crippen LogP contribution in [-0.4, -0.2) is 44.2 Å². The smallest absolute Gasteiger partial charge is 0.226 e. The molecule has 2 aromatic rings. The van der Waals surface area contributed by atoms with Crippen molar-refractivity contribution in [2.75, 3.05) is 6.54 Å². The molecule has 0 fully saturated rings. The van der Waals surface area contributed by atoms with E-state index in [0.717, 1.165) is 0 Å². The van der Waals surface area contributed by atoms with Gasteiger partial charge in [0.1, 0.15) is 34.0 Å². The normalized spacial score (nSPS) is 20.1. The van der Waals surface area contributed by atoms with Crippen molar-refractivity contribution in [2.24, 2.45) is 0 Å². The Balaban J connectivity index is 1.62. The Kier molecular flexibility index (Phi) is 6.24. The highest BCUT2D eigenvalue weighted by molar-refractivity contribution is 6.31. The van der Waals surface area contributed by atoms with Gasteiger partial charge in [-0.1, -0.05) is 19.0 Å². The van der Waals surface area contributed by atoms with Crippen LogP contribution in [0.2, 0.25) is 0 Å². The lowest BCUT2D eigenvalue weighted by molar-refractivity contribution is -0.123. The van der Waals surface area contributed by atoms with Gasteiger partial charge in [-0.25, -0.2) is 0 Å². The summed E-state index contributed by atoms with van der Waals surface area (Å²) < 4.78 is 11.0. The molecule has 1 atom stereocenters. The third-order valence-corrected chi connectivity index (χ3v) is 6.72. The van der Waals surface area contributed by atoms with Crippen LogP contribution >= 0.6 is 0 Å². The van der Waals surface area contributed by atoms with E-state index in [1.54, 1.807) is 6.92 Å². The van der Waals surface area contributed by atoms with Gasteiger partial charge < -0.3 is 24.8 Å². The first kappa shape index (κ1) is 25.2. The number of hydrogen-bond acceptors (Lipinski definition) is 10. The second-order valence-electron chi connectivity index (χ2n) is 9.62. The minimum atomic E-state index is -1.54. The summed E-state index contributed by atoms with van der Waals surface area (Å²) in [4.78, 5) is 43.3. The number of aromatic nitrogens is 2. The van der Waals surface area contributed by atoms with Crippen molar-refractivity contribution in [1.29, 1.82) is 0 Å². The van der Waals surface area contributed by atoms with Crippen molar-refractivity contribution in [3.8, 4) is 17.2 Å². The van der Waals surface area contributed by atoms with Crippen LogP contribution in [0.4, 0.5) is 0 Å². The van der Waals surface area contributed by atoms with Crippen LogP contribution < -0.4 is 10.1 Å². The highest BCUT2D eigenvalue weighted by Crippen LogP contribution is 2.57. The average molecular weight is 496 g/mol. The van der Waals surface area contributed by atoms with Crippen LogP contribution in [0, 0.1) is 6.92 Å². The summed E-state index contributed by atoms with van der Waals surface area (Å²) in [5.74, 6) is -1.16. The van der Waals surface area contributed by atoms with E-state index in [-0.39, 0.29) is 45.4 Å². The largest absolute Gasteiger partial charge is 0.507 e. The number of benzene rings is 1. The SMILES string of the molecule is CC(=O)c1c(O)c(C)c(O)c2c1OC1=CC(=O)/C(=C(/C)NCCCc3nc(C(C)C)no3)C(=O)[C@]12C. The molecule has 10 heteroatoms. The van der Waals surface area contributed by atoms with Crippen molar-refractivity contribution >= 4 is 17.3 Å². The third-order valence-electron chi connectivity index (χ3n) is 6.72. The van der Waals surface area contributed by atoms with Gasteiger partial charge in [0, 0.05) is 36.2 Å². The first-order chi connectivity index (χ1) is 16.9. The molecule has 1 aliphatic heterocycles. The minimum Gasteiger partial charge on any atom is -0.507 e. The number of phenols is 2. The molecule has 1 aliphatic carbocycles. The van der Waals surface area contributed by atoms with E-state index in [9.17, 15) is 24.6 Å². The lowest BCUT2D eigenvalue weighted by Gasteiger charge is -2.29. The molecule has 1 aromatic heterocycles. The van der Waals surface area contributed by atoms with Crippen LogP contribution in [0.25, 0.3) is 0 Å². The van der Waals surface area contributed by atoms with E-state index < -0.39 is 28.5 Å². The quantitative estimate of drug-likeness (QED) is 0.226. The maximum absolute atomic E-state index is 13.8. The zero-order chi connectivity index (χ0) is 26.5. The average Bonchev–Trinajstić information content (AvgIpc) is 3.39. The maximum atomic E-state index is 13.8. The van der Waals surface area contributed by atoms with Crippen molar-refractivity contribution < 1.29 is 33.9 Å². The molecule has 0 spiro atoms. The Labute approximate surface area is 208 Å². The van der Waals surface area contributed by atoms with Gasteiger partial charge in [0.2, 0.25) is 5.89 Å². The number of ketones is 3. The standard InChI is InChI=1S/C26H29N3O7/c1-11(2)25-28-17(36-29-25)8-7-9-27-13(4)18-15(31)10-16-26(6,24(18)34)20-22(33)12(3)21(32)19(14(5)30)23(20)35-16/h10-11,27,32-33H,7-9H2,1-6H3/b18-13+/t26-/m1/s1. The third kappa shape index (κ3) is 3.77. The van der Waals surface area contributed by atoms with Gasteiger partial charge in [-0.2, -0.15) is 4.98 Å². The van der Waals surface area contributed by atoms with Gasteiger partial charge in [-0.15, -0.1) is 0 Å². The molecule has 0 saturated carbocycles. The number of rotatable bonds is 7. The zero-order valence-electron chi connectivity index (χ0n) is 21.1. The van der Waals surface area contributed by atoms with Crippen LogP contribution in [0.1, 0.15) is 80.2 Å². The first-order valence-electron chi connectivity index (χ1n) is 11.8. The monoisotopic (exact) mass is 495 g/mol. The van der Waals surface area contributed by atoms with Gasteiger partial charge in [-0.3, -0.25) is 14.4 Å². The molecule has 190 valence electrons. The zero-order valence-corrected chi connectivity index (χ0v) is 21.1. The van der Waals surface area contributed by atoms with Crippen LogP contribution in [-0.2, 0) is 21.4 Å². The fraction of sp³-hybridized carbons (Fsp3) is 0.423. The van der Waals surface area contributed by atoms with Crippen molar-refractivity contribution in [1.82, 2.24) is 15.5 Å². The lowest BCUT2D eigenvalue weighted by atomic mass is 9.70. The Morgan fingerprint density at radius 1 is 1.19 bits per heavy atom. The molecule has 0 unspecified atom stereocenters. The topological polar surface area (TPSA) is 152 Å². The summed E-state index contributed by atoms with van der Waals surface area (Å²) in [6.45, 7) is 10.3. The molecule has 0 amide bonds. The first-order valence-corrected chi connectivity index (χ1v) is 11.8. The van der Waals surface area contributed by atoms with Gasteiger partial charge in [0.15, 0.2) is 23.2 Å². The van der Waals surface area contributed by atoms with E-state index >= 15 is 0 Å². The van der Waals surface area contributed by atoms with Gasteiger partial charge >= 0.3 is 0 Å². The predicted octanol–water partition coefficient (Wildman–Crippen LogP) is 3.30. The summed E-state index contributed by atoms with van der Waals surface area (Å²) in [5, 5.41) is 28.4. The molecule has 10 nitrogen and oxygen atoms in total. The van der Waals surface area contributed by atoms with Crippen LogP contribution in [0.15, 0.2) is 27.6 Å². The number of ether oxygens (including phenoxy) is 1. The summed E-state index contributed by atoms with van der Waals surface area (Å²) in [6, 6.07) is 0. The fourth-order valence-corrected chi connectivity index (χ4v) is 4.57. The van der Waals surface area contributed by atoms with E-state index in [1.807, 2.05) is 13.8 Å². The molecule has 0 saturated heterocycles. The number of hydrogen-bond donors (Lipinski definition) is 3. The van der Waals surface area contributed by atoms with Gasteiger partial charge in [-0.05, 0) is 34.1 Å². The molecule has 2 aliphatic rings. The molecule has 4 rings (SSSR count). The molecule has 1 aromatic carbocycles. The number of aryl methyl sites for hydroxylation is 1. The second-order valence-corrected chi connectivity index (χ2v) is 9.62. The highest BCUT2D eigenvalue weighted by Gasteiger charge is 2.56. The summed E-state index contributed by atoms with van der Waals surface area (Å²) in [7, 11) is 0. The Bertz CT molecular complexity index is 1370. The molecular formula is C26H29N3O7. The van der Waals surface area contributed by atoms with E-state index in [2.05, 4.69) is 15.5 Å². The molecule has 0 radical (unpaired) electrons. The van der Waals surface area contributed by atoms with E-state index in [1.165, 1.54) is 26.8 Å². The number of nitrogens with zero attached hydrogens (tertiary/aromatic N) is 2. The maximum Gasteiger partial charge on any atom is 0.226 e. The fourth-order valence-electron chi connectivity index (χ4n) is 4.57. The minimum absolute atomic E-state index is 0.00389. The molecule has 0 bridgehead atoms. The summed E-state index contributed by atoms with van der Waals surface area (Å²) in [5.41, 5.74) is -1.24. The van der Waals surface area contributed by atoms with Crippen molar-refractivity contribution in [3.63, 3.8) is 0 Å². The Hall–Kier alpha value is -3.95. The highest BCUT2D eigenvalue weighted by atomic mass is 16.5. The van der Waals surface area contributed by atoms with Gasteiger partial charge in [0.25, 0.3) is 0 Å². The second kappa shape index (κ2) is 8.92. The Morgan fingerprint density at radius 2 is 1.89 bits per heavy atom. The lowest BCUT2D eigenvalue weighted by Crippen LogP contribution is -2.41. The van der Waals surface area contributed by atoms with Crippen LogP contribution in [0.5, 0.6) is 17.2 Å². The van der Waals surface area contributed by atoms with E-state index in [4.69, 9.17) is 9.26 Å². The van der Waals surface area contributed by atoms with E-state index in [0.29, 0.717) is 36.8 Å². The molecule has 3 N–H and O–H groups in total.